The quantitative estimate of drug-likeness (QED) is 0.673. The number of hydrogen-bond donors (Lipinski definition) is 2. The Bertz CT molecular complexity index is 215. The van der Waals surface area contributed by atoms with Crippen molar-refractivity contribution in [2.24, 2.45) is 5.73 Å². The van der Waals surface area contributed by atoms with E-state index >= 15 is 0 Å². The summed E-state index contributed by atoms with van der Waals surface area (Å²) in [5, 5.41) is 2.56. The van der Waals surface area contributed by atoms with E-state index in [4.69, 9.17) is 15.2 Å². The lowest BCUT2D eigenvalue weighted by Gasteiger charge is -2.37. The second-order valence-corrected chi connectivity index (χ2v) is 3.87. The van der Waals surface area contributed by atoms with Crippen LogP contribution in [0.3, 0.4) is 0 Å². The number of nitrogens with two attached hydrogens (primary N) is 1. The average molecular weight is 216 g/mol. The summed E-state index contributed by atoms with van der Waals surface area (Å²) in [5.41, 5.74) is 5.33. The Kier molecular flexibility index (Phi) is 4.50. The zero-order chi connectivity index (χ0) is 11.3. The van der Waals surface area contributed by atoms with Crippen molar-refractivity contribution >= 4 is 5.91 Å². The lowest BCUT2D eigenvalue weighted by molar-refractivity contribution is -0.157. The van der Waals surface area contributed by atoms with E-state index < -0.39 is 6.10 Å². The highest BCUT2D eigenvalue weighted by atomic mass is 16.5. The zero-order valence-corrected chi connectivity index (χ0v) is 9.41. The van der Waals surface area contributed by atoms with Crippen LogP contribution in [0.25, 0.3) is 0 Å². The molecule has 1 atom stereocenters. The molecule has 15 heavy (non-hydrogen) atoms. The van der Waals surface area contributed by atoms with Gasteiger partial charge in [-0.3, -0.25) is 4.79 Å². The number of amides is 1. The molecule has 1 unspecified atom stereocenters. The van der Waals surface area contributed by atoms with Crippen LogP contribution in [0.2, 0.25) is 0 Å². The SMILES string of the molecule is CNC(=O)C(C)OC1(CN)CCOCC1. The van der Waals surface area contributed by atoms with Crippen LogP contribution >= 0.6 is 0 Å². The number of ether oxygens (including phenoxy) is 2. The van der Waals surface area contributed by atoms with Gasteiger partial charge in [0, 0.05) is 39.6 Å². The first-order valence-corrected chi connectivity index (χ1v) is 5.31. The maximum Gasteiger partial charge on any atom is 0.248 e. The van der Waals surface area contributed by atoms with Gasteiger partial charge >= 0.3 is 0 Å². The number of nitrogens with one attached hydrogen (secondary N) is 1. The maximum absolute atomic E-state index is 11.3. The van der Waals surface area contributed by atoms with Crippen LogP contribution in [0.15, 0.2) is 0 Å². The Balaban J connectivity index is 2.54. The van der Waals surface area contributed by atoms with E-state index in [0.29, 0.717) is 19.8 Å². The minimum absolute atomic E-state index is 0.116. The Morgan fingerprint density at radius 2 is 2.20 bits per heavy atom. The molecule has 1 aliphatic heterocycles. The molecule has 0 bridgehead atoms. The third-order valence-electron chi connectivity index (χ3n) is 2.82. The van der Waals surface area contributed by atoms with E-state index in [-0.39, 0.29) is 11.5 Å². The van der Waals surface area contributed by atoms with Crippen LogP contribution in [0.5, 0.6) is 0 Å². The van der Waals surface area contributed by atoms with Crippen LogP contribution in [0, 0.1) is 0 Å². The topological polar surface area (TPSA) is 73.6 Å². The minimum Gasteiger partial charge on any atom is -0.381 e. The van der Waals surface area contributed by atoms with Crippen molar-refractivity contribution < 1.29 is 14.3 Å². The highest BCUT2D eigenvalue weighted by molar-refractivity contribution is 5.80. The fourth-order valence-electron chi connectivity index (χ4n) is 1.75. The molecule has 5 nitrogen and oxygen atoms in total. The number of rotatable bonds is 4. The molecule has 5 heteroatoms. The average Bonchev–Trinajstić information content (AvgIpc) is 2.29. The molecular weight excluding hydrogens is 196 g/mol. The summed E-state index contributed by atoms with van der Waals surface area (Å²) in [4.78, 5) is 11.3. The highest BCUT2D eigenvalue weighted by Gasteiger charge is 2.35. The molecule has 3 N–H and O–H groups in total. The number of carbonyl (C=O) groups is 1. The summed E-state index contributed by atoms with van der Waals surface area (Å²) in [6.07, 6.45) is 1.05. The van der Waals surface area contributed by atoms with Crippen molar-refractivity contribution in [2.45, 2.75) is 31.5 Å². The predicted octanol–water partition coefficient (Wildman–Crippen LogP) is -0.355. The Hall–Kier alpha value is -0.650. The molecular formula is C10H20N2O3. The van der Waals surface area contributed by atoms with Crippen molar-refractivity contribution in [1.29, 1.82) is 0 Å². The van der Waals surface area contributed by atoms with Gasteiger partial charge in [0.15, 0.2) is 0 Å². The van der Waals surface area contributed by atoms with Gasteiger partial charge in [0.1, 0.15) is 6.10 Å². The summed E-state index contributed by atoms with van der Waals surface area (Å²) in [5.74, 6) is -0.116. The Morgan fingerprint density at radius 1 is 1.60 bits per heavy atom. The predicted molar refractivity (Wildman–Crippen MR) is 56.5 cm³/mol. The fourth-order valence-corrected chi connectivity index (χ4v) is 1.75. The van der Waals surface area contributed by atoms with Crippen LogP contribution in [-0.4, -0.2) is 44.4 Å². The van der Waals surface area contributed by atoms with Crippen molar-refractivity contribution in [2.75, 3.05) is 26.8 Å². The van der Waals surface area contributed by atoms with Gasteiger partial charge in [0.25, 0.3) is 0 Å². The van der Waals surface area contributed by atoms with E-state index in [2.05, 4.69) is 5.32 Å². The molecule has 0 saturated carbocycles. The Morgan fingerprint density at radius 3 is 2.67 bits per heavy atom. The van der Waals surface area contributed by atoms with E-state index in [0.717, 1.165) is 12.8 Å². The molecule has 1 fully saturated rings. The summed E-state index contributed by atoms with van der Waals surface area (Å²) in [6, 6.07) is 0. The molecule has 0 aromatic heterocycles. The lowest BCUT2D eigenvalue weighted by atomic mass is 9.94. The second-order valence-electron chi connectivity index (χ2n) is 3.87. The normalized spacial score (nSPS) is 22.1. The summed E-state index contributed by atoms with van der Waals surface area (Å²) >= 11 is 0. The molecule has 0 spiro atoms. The molecule has 0 aromatic rings. The molecule has 0 radical (unpaired) electrons. The van der Waals surface area contributed by atoms with Gasteiger partial charge in [-0.25, -0.2) is 0 Å². The Labute approximate surface area is 90.3 Å². The van der Waals surface area contributed by atoms with Crippen LogP contribution in [0.1, 0.15) is 19.8 Å². The molecule has 0 aromatic carbocycles. The van der Waals surface area contributed by atoms with Gasteiger partial charge in [-0.05, 0) is 6.92 Å². The van der Waals surface area contributed by atoms with Gasteiger partial charge in [-0.2, -0.15) is 0 Å². The standard InChI is InChI=1S/C10H20N2O3/c1-8(9(13)12-2)15-10(7-11)3-5-14-6-4-10/h8H,3-7,11H2,1-2H3,(H,12,13). The first kappa shape index (κ1) is 12.4. The second kappa shape index (κ2) is 5.44. The number of carbonyl (C=O) groups excluding carboxylic acids is 1. The minimum atomic E-state index is -0.461. The third kappa shape index (κ3) is 3.15. The maximum atomic E-state index is 11.3. The number of likely N-dealkylation sites (N-methyl/N-ethyl adjacent to an activating group) is 1. The summed E-state index contributed by atoms with van der Waals surface area (Å²) in [7, 11) is 1.60. The van der Waals surface area contributed by atoms with Gasteiger partial charge in [0.2, 0.25) is 5.91 Å². The van der Waals surface area contributed by atoms with Gasteiger partial charge in [-0.1, -0.05) is 0 Å². The summed E-state index contributed by atoms with van der Waals surface area (Å²) in [6.45, 7) is 3.47. The van der Waals surface area contributed by atoms with Crippen molar-refractivity contribution in [3.63, 3.8) is 0 Å². The monoisotopic (exact) mass is 216 g/mol. The first-order valence-electron chi connectivity index (χ1n) is 5.31. The van der Waals surface area contributed by atoms with Gasteiger partial charge < -0.3 is 20.5 Å². The first-order chi connectivity index (χ1) is 7.13. The molecule has 0 aliphatic carbocycles. The van der Waals surface area contributed by atoms with Gasteiger partial charge in [0.05, 0.1) is 5.60 Å². The van der Waals surface area contributed by atoms with E-state index in [9.17, 15) is 4.79 Å². The smallest absolute Gasteiger partial charge is 0.248 e. The zero-order valence-electron chi connectivity index (χ0n) is 9.41. The lowest BCUT2D eigenvalue weighted by Crippen LogP contribution is -2.49. The summed E-state index contributed by atoms with van der Waals surface area (Å²) < 4.78 is 11.0. The van der Waals surface area contributed by atoms with Crippen LogP contribution in [-0.2, 0) is 14.3 Å². The fraction of sp³-hybridized carbons (Fsp3) is 0.900. The van der Waals surface area contributed by atoms with Crippen molar-refractivity contribution in [3.8, 4) is 0 Å². The molecule has 1 saturated heterocycles. The molecule has 1 rings (SSSR count). The third-order valence-corrected chi connectivity index (χ3v) is 2.82. The van der Waals surface area contributed by atoms with E-state index in [1.807, 2.05) is 0 Å². The van der Waals surface area contributed by atoms with Crippen molar-refractivity contribution in [1.82, 2.24) is 5.32 Å². The number of hydrogen-bond acceptors (Lipinski definition) is 4. The molecule has 88 valence electrons. The van der Waals surface area contributed by atoms with Crippen molar-refractivity contribution in [3.05, 3.63) is 0 Å². The highest BCUT2D eigenvalue weighted by Crippen LogP contribution is 2.25. The molecule has 1 heterocycles. The van der Waals surface area contributed by atoms with Crippen LogP contribution in [0.4, 0.5) is 0 Å². The molecule has 1 aliphatic rings. The largest absolute Gasteiger partial charge is 0.381 e. The van der Waals surface area contributed by atoms with E-state index in [1.165, 1.54) is 0 Å². The van der Waals surface area contributed by atoms with E-state index in [1.54, 1.807) is 14.0 Å². The molecule has 1 amide bonds. The van der Waals surface area contributed by atoms with Crippen LogP contribution < -0.4 is 11.1 Å². The van der Waals surface area contributed by atoms with Gasteiger partial charge in [-0.15, -0.1) is 0 Å².